The molecule has 0 radical (unpaired) electrons. The number of carboxylic acids is 1. The van der Waals surface area contributed by atoms with Crippen molar-refractivity contribution in [2.24, 2.45) is 22.0 Å². The van der Waals surface area contributed by atoms with Gasteiger partial charge in [-0.1, -0.05) is 0 Å². The molecule has 2 fully saturated rings. The fourth-order valence-electron chi connectivity index (χ4n) is 6.63. The van der Waals surface area contributed by atoms with E-state index in [9.17, 15) is 18.4 Å². The molecule has 288 valence electrons. The van der Waals surface area contributed by atoms with Gasteiger partial charge >= 0.3 is 5.97 Å². The van der Waals surface area contributed by atoms with E-state index >= 15 is 0 Å². The van der Waals surface area contributed by atoms with Crippen molar-refractivity contribution in [2.45, 2.75) is 64.5 Å². The van der Waals surface area contributed by atoms with Crippen LogP contribution >= 0.6 is 0 Å². The smallest absolute Gasteiger partial charge is 0.306 e. The Bertz CT molecular complexity index is 1940. The molecule has 0 bridgehead atoms. The van der Waals surface area contributed by atoms with Crippen molar-refractivity contribution >= 4 is 36.2 Å². The van der Waals surface area contributed by atoms with Gasteiger partial charge in [-0.2, -0.15) is 10.2 Å². The van der Waals surface area contributed by atoms with Gasteiger partial charge < -0.3 is 20.3 Å². The largest absolute Gasteiger partial charge is 0.481 e. The second-order valence-corrected chi connectivity index (χ2v) is 13.8. The van der Waals surface area contributed by atoms with E-state index in [1.807, 2.05) is 18.7 Å². The Hall–Kier alpha value is -6.00. The maximum absolute atomic E-state index is 13.5. The van der Waals surface area contributed by atoms with E-state index in [2.05, 4.69) is 50.4 Å². The van der Waals surface area contributed by atoms with Crippen LogP contribution in [0.4, 0.5) is 20.7 Å². The summed E-state index contributed by atoms with van der Waals surface area (Å²) in [5.41, 5.74) is 6.43. The van der Waals surface area contributed by atoms with Crippen molar-refractivity contribution < 1.29 is 23.5 Å². The highest BCUT2D eigenvalue weighted by atomic mass is 19.1. The molecule has 8 rings (SSSR count). The fourth-order valence-corrected chi connectivity index (χ4v) is 6.63. The van der Waals surface area contributed by atoms with Crippen LogP contribution in [0, 0.1) is 37.3 Å². The van der Waals surface area contributed by atoms with Crippen molar-refractivity contribution in [3.05, 3.63) is 95.6 Å². The number of rotatable bonds is 6. The minimum absolute atomic E-state index is 0.0116. The number of aliphatic carboxylic acids is 1. The molecule has 4 aromatic heterocycles. The van der Waals surface area contributed by atoms with E-state index in [4.69, 9.17) is 5.11 Å². The Morgan fingerprint density at radius 1 is 0.691 bits per heavy atom. The lowest BCUT2D eigenvalue weighted by Crippen LogP contribution is -2.41. The number of pyridine rings is 2. The Morgan fingerprint density at radius 3 is 1.69 bits per heavy atom. The van der Waals surface area contributed by atoms with E-state index < -0.39 is 11.8 Å². The highest BCUT2D eigenvalue weighted by Crippen LogP contribution is 2.32. The Kier molecular flexibility index (Phi) is 12.9. The number of aromatic nitrogens is 6. The summed E-state index contributed by atoms with van der Waals surface area (Å²) in [6.07, 6.45) is 20.4. The summed E-state index contributed by atoms with van der Waals surface area (Å²) >= 11 is 0. The molecule has 4 aliphatic rings. The average molecular weight is 755 g/mol. The highest BCUT2D eigenvalue weighted by molar-refractivity contribution is 5.82. The summed E-state index contributed by atoms with van der Waals surface area (Å²) in [6.45, 7) is 6.79. The molecule has 2 N–H and O–H groups in total. The van der Waals surface area contributed by atoms with Gasteiger partial charge in [-0.25, -0.2) is 33.7 Å². The zero-order valence-electron chi connectivity index (χ0n) is 30.7. The maximum atomic E-state index is 13.5. The van der Waals surface area contributed by atoms with Gasteiger partial charge in [0.05, 0.1) is 30.4 Å². The number of carbonyl (C=O) groups excluding carboxylic acids is 1. The maximum Gasteiger partial charge on any atom is 0.306 e. The molecule has 0 spiro atoms. The van der Waals surface area contributed by atoms with Gasteiger partial charge in [-0.3, -0.25) is 19.6 Å². The van der Waals surface area contributed by atoms with Crippen LogP contribution in [-0.2, 0) is 9.59 Å². The molecule has 1 amide bonds. The topological polar surface area (TPSA) is 178 Å². The summed E-state index contributed by atoms with van der Waals surface area (Å²) in [6, 6.07) is 2.70. The fraction of sp³-hybridized carbons (Fsp3) is 0.421. The van der Waals surface area contributed by atoms with Crippen LogP contribution in [-0.4, -0.2) is 90.5 Å². The number of carbonyl (C=O) groups is 2. The molecule has 8 heterocycles. The van der Waals surface area contributed by atoms with E-state index in [0.29, 0.717) is 36.7 Å². The average Bonchev–Trinajstić information content (AvgIpc) is 3.93. The lowest BCUT2D eigenvalue weighted by atomic mass is 9.94. The first kappa shape index (κ1) is 38.7. The number of carboxylic acid groups (broad SMARTS) is 1. The third-order valence-corrected chi connectivity index (χ3v) is 9.75. The van der Waals surface area contributed by atoms with Crippen molar-refractivity contribution in [3.8, 4) is 0 Å². The minimum Gasteiger partial charge on any atom is -0.481 e. The lowest BCUT2D eigenvalue weighted by Gasteiger charge is -2.33. The number of nitrogens with zero attached hydrogens (tertiary/aromatic N) is 11. The molecule has 2 atom stereocenters. The van der Waals surface area contributed by atoms with Crippen molar-refractivity contribution in [1.82, 2.24) is 40.3 Å². The van der Waals surface area contributed by atoms with Crippen molar-refractivity contribution in [2.75, 3.05) is 36.0 Å². The molecule has 0 saturated carbocycles. The van der Waals surface area contributed by atoms with Gasteiger partial charge in [-0.15, -0.1) is 0 Å². The number of hydrogen-bond donors (Lipinski definition) is 2. The molecular weight excluding hydrogens is 710 g/mol. The summed E-state index contributed by atoms with van der Waals surface area (Å²) in [7, 11) is 0. The van der Waals surface area contributed by atoms with Crippen LogP contribution in [0.25, 0.3) is 0 Å². The van der Waals surface area contributed by atoms with Crippen molar-refractivity contribution in [3.63, 3.8) is 0 Å². The number of hydrogen-bond acceptors (Lipinski definition) is 13. The predicted octanol–water partition coefficient (Wildman–Crippen LogP) is 4.82. The van der Waals surface area contributed by atoms with Crippen molar-refractivity contribution in [1.29, 1.82) is 0 Å². The Morgan fingerprint density at radius 2 is 1.20 bits per heavy atom. The molecule has 0 aromatic carbocycles. The highest BCUT2D eigenvalue weighted by Gasteiger charge is 2.35. The molecule has 2 saturated heterocycles. The minimum atomic E-state index is -0.690. The van der Waals surface area contributed by atoms with Gasteiger partial charge in [0.1, 0.15) is 11.6 Å². The SMILES string of the molecule is Cc1cnc(N2CCC(C(=O)N3N=CCC3c3cncc(F)c3)CC2)nc1.Cc1cnc(N2CCC(C(=O)O)CC2)nc1.Fc1cncc(C2CC=NN2)c1. The van der Waals surface area contributed by atoms with Crippen LogP contribution in [0.2, 0.25) is 0 Å². The Labute approximate surface area is 317 Å². The summed E-state index contributed by atoms with van der Waals surface area (Å²) in [5.74, 6) is -0.317. The first-order valence-corrected chi connectivity index (χ1v) is 18.3. The molecule has 4 aliphatic heterocycles. The third-order valence-electron chi connectivity index (χ3n) is 9.75. The lowest BCUT2D eigenvalue weighted by molar-refractivity contribution is -0.142. The van der Waals surface area contributed by atoms with Gasteiger partial charge in [0, 0.05) is 94.5 Å². The normalized spacial score (nSPS) is 19.6. The van der Waals surface area contributed by atoms with Gasteiger partial charge in [0.15, 0.2) is 0 Å². The van der Waals surface area contributed by atoms with Crippen LogP contribution in [0.3, 0.4) is 0 Å². The van der Waals surface area contributed by atoms with E-state index in [0.717, 1.165) is 68.3 Å². The number of halogens is 2. The molecular formula is C38H44F2N12O3. The number of aryl methyl sites for hydroxylation is 2. The molecule has 2 unspecified atom stereocenters. The molecule has 55 heavy (non-hydrogen) atoms. The number of piperidine rings is 2. The van der Waals surface area contributed by atoms with Crippen LogP contribution in [0.15, 0.2) is 71.9 Å². The van der Waals surface area contributed by atoms with Crippen LogP contribution in [0.1, 0.15) is 72.9 Å². The first-order chi connectivity index (χ1) is 26.6. The van der Waals surface area contributed by atoms with Gasteiger partial charge in [0.2, 0.25) is 17.8 Å². The number of amides is 1. The molecule has 0 aliphatic carbocycles. The number of hydrazone groups is 2. The van der Waals surface area contributed by atoms with E-state index in [1.54, 1.807) is 49.6 Å². The van der Waals surface area contributed by atoms with Crippen LogP contribution < -0.4 is 15.2 Å². The zero-order valence-corrected chi connectivity index (χ0v) is 30.7. The van der Waals surface area contributed by atoms with Gasteiger partial charge in [0.25, 0.3) is 0 Å². The summed E-state index contributed by atoms with van der Waals surface area (Å²) in [5, 5.41) is 18.5. The number of nitrogens with one attached hydrogen (secondary N) is 1. The zero-order chi connectivity index (χ0) is 38.7. The Balaban J connectivity index is 0.000000155. The monoisotopic (exact) mass is 754 g/mol. The quantitative estimate of drug-likeness (QED) is 0.275. The summed E-state index contributed by atoms with van der Waals surface area (Å²) < 4.78 is 26.2. The second kappa shape index (κ2) is 18.4. The molecule has 17 heteroatoms. The third kappa shape index (κ3) is 10.4. The second-order valence-electron chi connectivity index (χ2n) is 13.8. The van der Waals surface area contributed by atoms with E-state index in [1.165, 1.54) is 23.3 Å². The standard InChI is InChI=1S/C19H21FN6O.C11H15N3O2.C8H8FN3/c1-13-9-22-19(23-10-13)25-6-3-14(4-7-25)18(27)26-17(2-5-24-26)15-8-16(20)12-21-11-15;1-8-6-12-11(13-7-8)14-4-2-9(3-5-14)10(15)16;9-7-3-6(4-10-5-7)8-1-2-11-12-8/h5,8-12,14,17H,2-4,6-7H2,1H3;6-7,9H,2-5H2,1H3,(H,15,16);2-5,8,12H,1H2. The summed E-state index contributed by atoms with van der Waals surface area (Å²) in [4.78, 5) is 52.8. The van der Waals surface area contributed by atoms with E-state index in [-0.39, 0.29) is 35.6 Å². The van der Waals surface area contributed by atoms with Crippen LogP contribution in [0.5, 0.6) is 0 Å². The predicted molar refractivity (Wildman–Crippen MR) is 201 cm³/mol. The van der Waals surface area contributed by atoms with Gasteiger partial charge in [-0.05, 0) is 73.9 Å². The molecule has 15 nitrogen and oxygen atoms in total. The molecule has 4 aromatic rings. The number of anilines is 2. The first-order valence-electron chi connectivity index (χ1n) is 18.3.